The van der Waals surface area contributed by atoms with Crippen molar-refractivity contribution < 1.29 is 14.6 Å². The fourth-order valence-corrected chi connectivity index (χ4v) is 1.50. The van der Waals surface area contributed by atoms with Crippen LogP contribution in [-0.4, -0.2) is 36.4 Å². The van der Waals surface area contributed by atoms with Crippen molar-refractivity contribution >= 4 is 5.97 Å². The maximum atomic E-state index is 10.6. The van der Waals surface area contributed by atoms with E-state index in [1.54, 1.807) is 0 Å². The van der Waals surface area contributed by atoms with Crippen molar-refractivity contribution in [2.75, 3.05) is 13.1 Å². The fraction of sp³-hybridized carbons (Fsp3) is 0.700. The molecular weight excluding hydrogens is 182 g/mol. The first-order valence-corrected chi connectivity index (χ1v) is 4.94. The van der Waals surface area contributed by atoms with Gasteiger partial charge in [-0.3, -0.25) is 0 Å². The molecule has 2 N–H and O–H groups in total. The Kier molecular flexibility index (Phi) is 4.62. The summed E-state index contributed by atoms with van der Waals surface area (Å²) in [5.41, 5.74) is 0. The van der Waals surface area contributed by atoms with Gasteiger partial charge in [0.05, 0.1) is 6.10 Å². The summed E-state index contributed by atoms with van der Waals surface area (Å²) in [7, 11) is 0. The van der Waals surface area contributed by atoms with Crippen LogP contribution < -0.4 is 5.32 Å². The summed E-state index contributed by atoms with van der Waals surface area (Å²) in [5, 5.41) is 11.9. The van der Waals surface area contributed by atoms with Crippen LogP contribution in [0, 0.1) is 0 Å². The predicted octanol–water partition coefficient (Wildman–Crippen LogP) is 0.784. The molecule has 4 nitrogen and oxygen atoms in total. The van der Waals surface area contributed by atoms with Gasteiger partial charge in [0.15, 0.2) is 6.10 Å². The smallest absolute Gasteiger partial charge is 0.332 e. The standard InChI is InChI=1S/C10H17NO3/c1-2-3-6-11-7-8-4-5-9(14-8)10(12)13/h2,8-9,11H,1,3-7H2,(H,12,13). The van der Waals surface area contributed by atoms with Gasteiger partial charge >= 0.3 is 5.97 Å². The van der Waals surface area contributed by atoms with Crippen LogP contribution in [0.5, 0.6) is 0 Å². The van der Waals surface area contributed by atoms with Gasteiger partial charge in [-0.05, 0) is 25.8 Å². The summed E-state index contributed by atoms with van der Waals surface area (Å²) in [6.45, 7) is 5.23. The summed E-state index contributed by atoms with van der Waals surface area (Å²) in [4.78, 5) is 10.6. The van der Waals surface area contributed by atoms with Crippen LogP contribution in [0.25, 0.3) is 0 Å². The molecule has 0 aromatic rings. The second-order valence-electron chi connectivity index (χ2n) is 3.44. The molecule has 2 atom stereocenters. The van der Waals surface area contributed by atoms with Crippen LogP contribution in [0.4, 0.5) is 0 Å². The summed E-state index contributed by atoms with van der Waals surface area (Å²) >= 11 is 0. The highest BCUT2D eigenvalue weighted by molar-refractivity contribution is 5.72. The van der Waals surface area contributed by atoms with Gasteiger partial charge in [-0.15, -0.1) is 6.58 Å². The van der Waals surface area contributed by atoms with Crippen molar-refractivity contribution in [3.8, 4) is 0 Å². The van der Waals surface area contributed by atoms with Crippen molar-refractivity contribution in [3.05, 3.63) is 12.7 Å². The maximum Gasteiger partial charge on any atom is 0.332 e. The van der Waals surface area contributed by atoms with Gasteiger partial charge in [-0.2, -0.15) is 0 Å². The monoisotopic (exact) mass is 199 g/mol. The van der Waals surface area contributed by atoms with Crippen LogP contribution in [-0.2, 0) is 9.53 Å². The van der Waals surface area contributed by atoms with E-state index in [2.05, 4.69) is 11.9 Å². The minimum atomic E-state index is -0.849. The number of ether oxygens (including phenoxy) is 1. The molecule has 1 fully saturated rings. The normalized spacial score (nSPS) is 26.3. The average Bonchev–Trinajstić information content (AvgIpc) is 2.61. The molecule has 1 aliphatic heterocycles. The summed E-state index contributed by atoms with van der Waals surface area (Å²) in [6.07, 6.45) is 3.70. The van der Waals surface area contributed by atoms with E-state index in [1.165, 1.54) is 0 Å². The Hall–Kier alpha value is -0.870. The second kappa shape index (κ2) is 5.78. The average molecular weight is 199 g/mol. The van der Waals surface area contributed by atoms with E-state index in [1.807, 2.05) is 6.08 Å². The molecule has 1 heterocycles. The van der Waals surface area contributed by atoms with E-state index in [0.717, 1.165) is 25.9 Å². The van der Waals surface area contributed by atoms with Gasteiger partial charge in [0.2, 0.25) is 0 Å². The van der Waals surface area contributed by atoms with E-state index in [0.29, 0.717) is 6.42 Å². The largest absolute Gasteiger partial charge is 0.479 e. The molecule has 0 bridgehead atoms. The van der Waals surface area contributed by atoms with Crippen molar-refractivity contribution in [3.63, 3.8) is 0 Å². The second-order valence-corrected chi connectivity index (χ2v) is 3.44. The Labute approximate surface area is 83.9 Å². The molecular formula is C10H17NO3. The van der Waals surface area contributed by atoms with Crippen LogP contribution in [0.2, 0.25) is 0 Å². The minimum absolute atomic E-state index is 0.0564. The quantitative estimate of drug-likeness (QED) is 0.490. The Bertz CT molecular complexity index is 206. The van der Waals surface area contributed by atoms with Gasteiger partial charge in [0.25, 0.3) is 0 Å². The zero-order valence-electron chi connectivity index (χ0n) is 8.24. The molecule has 0 aliphatic carbocycles. The van der Waals surface area contributed by atoms with Gasteiger partial charge in [0, 0.05) is 6.54 Å². The van der Waals surface area contributed by atoms with Crippen LogP contribution in [0.15, 0.2) is 12.7 Å². The van der Waals surface area contributed by atoms with Crippen molar-refractivity contribution in [1.29, 1.82) is 0 Å². The predicted molar refractivity (Wildman–Crippen MR) is 53.2 cm³/mol. The minimum Gasteiger partial charge on any atom is -0.479 e. The highest BCUT2D eigenvalue weighted by Gasteiger charge is 2.29. The van der Waals surface area contributed by atoms with E-state index in [9.17, 15) is 4.79 Å². The Morgan fingerprint density at radius 3 is 3.00 bits per heavy atom. The number of carboxylic acids is 1. The number of carboxylic acid groups (broad SMARTS) is 1. The van der Waals surface area contributed by atoms with Gasteiger partial charge in [0.1, 0.15) is 0 Å². The molecule has 2 unspecified atom stereocenters. The molecule has 0 radical (unpaired) electrons. The van der Waals surface area contributed by atoms with E-state index >= 15 is 0 Å². The lowest BCUT2D eigenvalue weighted by molar-refractivity contribution is -0.149. The molecule has 14 heavy (non-hydrogen) atoms. The van der Waals surface area contributed by atoms with E-state index in [4.69, 9.17) is 9.84 Å². The summed E-state index contributed by atoms with van der Waals surface area (Å²) in [6, 6.07) is 0. The number of nitrogens with one attached hydrogen (secondary N) is 1. The van der Waals surface area contributed by atoms with Crippen molar-refractivity contribution in [1.82, 2.24) is 5.32 Å². The first-order chi connectivity index (χ1) is 6.74. The molecule has 0 amide bonds. The molecule has 0 aromatic heterocycles. The highest BCUT2D eigenvalue weighted by atomic mass is 16.5. The molecule has 0 spiro atoms. The number of hydrogen-bond donors (Lipinski definition) is 2. The Morgan fingerprint density at radius 2 is 2.43 bits per heavy atom. The first kappa shape index (κ1) is 11.2. The van der Waals surface area contributed by atoms with Gasteiger partial charge in [-0.25, -0.2) is 4.79 Å². The SMILES string of the molecule is C=CCCNCC1CCC(C(=O)O)O1. The van der Waals surface area contributed by atoms with Gasteiger partial charge < -0.3 is 15.2 Å². The third kappa shape index (κ3) is 3.47. The van der Waals surface area contributed by atoms with Crippen LogP contribution in [0.1, 0.15) is 19.3 Å². The highest BCUT2D eigenvalue weighted by Crippen LogP contribution is 2.18. The van der Waals surface area contributed by atoms with Crippen LogP contribution >= 0.6 is 0 Å². The lowest BCUT2D eigenvalue weighted by Gasteiger charge is -2.11. The van der Waals surface area contributed by atoms with Crippen molar-refractivity contribution in [2.24, 2.45) is 0 Å². The summed E-state index contributed by atoms with van der Waals surface area (Å²) in [5.74, 6) is -0.849. The summed E-state index contributed by atoms with van der Waals surface area (Å²) < 4.78 is 5.32. The molecule has 1 saturated heterocycles. The van der Waals surface area contributed by atoms with Crippen molar-refractivity contribution in [2.45, 2.75) is 31.5 Å². The molecule has 0 aromatic carbocycles. The topological polar surface area (TPSA) is 58.6 Å². The van der Waals surface area contributed by atoms with Gasteiger partial charge in [-0.1, -0.05) is 6.08 Å². The molecule has 4 heteroatoms. The number of carbonyl (C=O) groups is 1. The maximum absolute atomic E-state index is 10.6. The number of rotatable bonds is 6. The molecule has 1 aliphatic rings. The molecule has 0 saturated carbocycles. The lowest BCUT2D eigenvalue weighted by Crippen LogP contribution is -2.29. The zero-order valence-corrected chi connectivity index (χ0v) is 8.24. The van der Waals surface area contributed by atoms with E-state index < -0.39 is 12.1 Å². The third-order valence-electron chi connectivity index (χ3n) is 2.28. The Balaban J connectivity index is 2.10. The lowest BCUT2D eigenvalue weighted by atomic mass is 10.2. The van der Waals surface area contributed by atoms with E-state index in [-0.39, 0.29) is 6.10 Å². The first-order valence-electron chi connectivity index (χ1n) is 4.94. The third-order valence-corrected chi connectivity index (χ3v) is 2.28. The fourth-order valence-electron chi connectivity index (χ4n) is 1.50. The zero-order chi connectivity index (χ0) is 10.4. The number of hydrogen-bond acceptors (Lipinski definition) is 3. The Morgan fingerprint density at radius 1 is 1.64 bits per heavy atom. The molecule has 80 valence electrons. The van der Waals surface area contributed by atoms with Crippen LogP contribution in [0.3, 0.4) is 0 Å². The number of aliphatic carboxylic acids is 1. The molecule has 1 rings (SSSR count).